The number of piperazine rings is 1. The van der Waals surface area contributed by atoms with E-state index in [1.807, 2.05) is 18.1 Å². The summed E-state index contributed by atoms with van der Waals surface area (Å²) < 4.78 is 0. The molecule has 0 radical (unpaired) electrons. The highest BCUT2D eigenvalue weighted by molar-refractivity contribution is 7.11. The van der Waals surface area contributed by atoms with Gasteiger partial charge in [-0.3, -0.25) is 14.7 Å². The van der Waals surface area contributed by atoms with Gasteiger partial charge in [-0.05, 0) is 19.8 Å². The molecule has 1 aromatic heterocycles. The second kappa shape index (κ2) is 9.32. The molecule has 1 amide bonds. The molecule has 8 heteroatoms. The molecular weight excluding hydrogens is 348 g/mol. The van der Waals surface area contributed by atoms with E-state index >= 15 is 0 Å². The van der Waals surface area contributed by atoms with Gasteiger partial charge in [-0.2, -0.15) is 0 Å². The molecule has 2 fully saturated rings. The van der Waals surface area contributed by atoms with Crippen molar-refractivity contribution in [1.82, 2.24) is 25.0 Å². The van der Waals surface area contributed by atoms with Gasteiger partial charge in [0.15, 0.2) is 5.96 Å². The zero-order valence-corrected chi connectivity index (χ0v) is 16.7. The first kappa shape index (κ1) is 19.1. The Labute approximate surface area is 160 Å². The number of carbonyl (C=O) groups excluding carboxylic acids is 1. The number of rotatable bonds is 5. The zero-order valence-electron chi connectivity index (χ0n) is 15.9. The van der Waals surface area contributed by atoms with Crippen molar-refractivity contribution >= 4 is 23.2 Å². The van der Waals surface area contributed by atoms with Gasteiger partial charge in [0.1, 0.15) is 0 Å². The van der Waals surface area contributed by atoms with Gasteiger partial charge < -0.3 is 15.1 Å². The van der Waals surface area contributed by atoms with Crippen molar-refractivity contribution < 1.29 is 4.79 Å². The highest BCUT2D eigenvalue weighted by Gasteiger charge is 2.24. The number of aromatic nitrogens is 1. The van der Waals surface area contributed by atoms with Gasteiger partial charge in [-0.15, -0.1) is 11.3 Å². The topological polar surface area (TPSA) is 64.1 Å². The molecule has 7 nitrogen and oxygen atoms in total. The Morgan fingerprint density at radius 3 is 2.54 bits per heavy atom. The molecule has 1 N–H and O–H groups in total. The van der Waals surface area contributed by atoms with Crippen LogP contribution in [0, 0.1) is 6.92 Å². The molecule has 3 rings (SSSR count). The molecule has 2 aliphatic heterocycles. The largest absolute Gasteiger partial charge is 0.356 e. The molecule has 0 bridgehead atoms. The minimum absolute atomic E-state index is 0.289. The first-order valence-electron chi connectivity index (χ1n) is 9.53. The van der Waals surface area contributed by atoms with Crippen molar-refractivity contribution in [3.63, 3.8) is 0 Å². The maximum Gasteiger partial charge on any atom is 0.236 e. The number of aryl methyl sites for hydroxylation is 1. The van der Waals surface area contributed by atoms with Crippen LogP contribution in [0.15, 0.2) is 11.2 Å². The fraction of sp³-hybridized carbons (Fsp3) is 0.722. The molecule has 0 unspecified atom stereocenters. The number of aliphatic imine (C=N–C) groups is 1. The van der Waals surface area contributed by atoms with Crippen LogP contribution in [0.3, 0.4) is 0 Å². The molecule has 2 saturated heterocycles. The maximum atomic E-state index is 12.3. The number of guanidine groups is 1. The molecule has 26 heavy (non-hydrogen) atoms. The first-order chi connectivity index (χ1) is 12.7. The van der Waals surface area contributed by atoms with Crippen LogP contribution in [0.1, 0.15) is 22.7 Å². The van der Waals surface area contributed by atoms with Crippen LogP contribution in [0.2, 0.25) is 0 Å². The van der Waals surface area contributed by atoms with Gasteiger partial charge >= 0.3 is 0 Å². The fourth-order valence-electron chi connectivity index (χ4n) is 3.51. The van der Waals surface area contributed by atoms with E-state index in [9.17, 15) is 4.79 Å². The summed E-state index contributed by atoms with van der Waals surface area (Å²) in [6, 6.07) is 0. The number of thiazole rings is 1. The summed E-state index contributed by atoms with van der Waals surface area (Å²) in [5, 5.41) is 4.61. The Kier molecular flexibility index (Phi) is 6.85. The monoisotopic (exact) mass is 378 g/mol. The zero-order chi connectivity index (χ0) is 18.4. The van der Waals surface area contributed by atoms with Crippen LogP contribution < -0.4 is 5.32 Å². The van der Waals surface area contributed by atoms with Gasteiger partial charge in [0.05, 0.1) is 11.6 Å². The van der Waals surface area contributed by atoms with Gasteiger partial charge in [0.2, 0.25) is 5.91 Å². The summed E-state index contributed by atoms with van der Waals surface area (Å²) in [4.78, 5) is 28.9. The van der Waals surface area contributed by atoms with Crippen LogP contribution in [0.25, 0.3) is 0 Å². The third-order valence-corrected chi connectivity index (χ3v) is 5.96. The third-order valence-electron chi connectivity index (χ3n) is 4.99. The SMILES string of the molecule is CN=C(NCCc1ncc(C)s1)N1CCN(CC(=O)N2CCCC2)CC1. The lowest BCUT2D eigenvalue weighted by molar-refractivity contribution is -0.131. The number of nitrogens with zero attached hydrogens (tertiary/aromatic N) is 5. The lowest BCUT2D eigenvalue weighted by Crippen LogP contribution is -2.54. The first-order valence-corrected chi connectivity index (χ1v) is 10.3. The van der Waals surface area contributed by atoms with E-state index in [4.69, 9.17) is 0 Å². The van der Waals surface area contributed by atoms with Crippen LogP contribution in [0.5, 0.6) is 0 Å². The molecule has 0 aromatic carbocycles. The lowest BCUT2D eigenvalue weighted by Gasteiger charge is -2.36. The standard InChI is InChI=1S/C18H30N6OS/c1-15-13-21-16(26-15)5-6-20-18(19-2)24-11-9-22(10-12-24)14-17(25)23-7-3-4-8-23/h13H,3-12,14H2,1-2H3,(H,19,20). The quantitative estimate of drug-likeness (QED) is 0.607. The number of nitrogens with one attached hydrogen (secondary N) is 1. The molecule has 0 aliphatic carbocycles. The van der Waals surface area contributed by atoms with Crippen molar-refractivity contribution in [2.24, 2.45) is 4.99 Å². The van der Waals surface area contributed by atoms with Gasteiger partial charge in [0.25, 0.3) is 0 Å². The minimum Gasteiger partial charge on any atom is -0.356 e. The van der Waals surface area contributed by atoms with Gasteiger partial charge in [-0.25, -0.2) is 4.98 Å². The fourth-order valence-corrected chi connectivity index (χ4v) is 4.29. The summed E-state index contributed by atoms with van der Waals surface area (Å²) in [5.41, 5.74) is 0. The normalized spacial score (nSPS) is 19.2. The number of carbonyl (C=O) groups is 1. The minimum atomic E-state index is 0.289. The van der Waals surface area contributed by atoms with Crippen molar-refractivity contribution in [1.29, 1.82) is 0 Å². The maximum absolute atomic E-state index is 12.3. The number of amides is 1. The van der Waals surface area contributed by atoms with Crippen LogP contribution in [0.4, 0.5) is 0 Å². The lowest BCUT2D eigenvalue weighted by atomic mass is 10.3. The summed E-state index contributed by atoms with van der Waals surface area (Å²) >= 11 is 1.75. The van der Waals surface area contributed by atoms with E-state index in [2.05, 4.69) is 32.0 Å². The molecule has 0 saturated carbocycles. The third kappa shape index (κ3) is 5.17. The Morgan fingerprint density at radius 2 is 1.92 bits per heavy atom. The average molecular weight is 379 g/mol. The summed E-state index contributed by atoms with van der Waals surface area (Å²) in [6.45, 7) is 8.99. The Hall–Kier alpha value is -1.67. The molecule has 0 spiro atoms. The van der Waals surface area contributed by atoms with E-state index in [0.717, 1.165) is 76.0 Å². The average Bonchev–Trinajstić information content (AvgIpc) is 3.31. The molecule has 144 valence electrons. The van der Waals surface area contributed by atoms with Crippen molar-refractivity contribution in [3.8, 4) is 0 Å². The van der Waals surface area contributed by atoms with Crippen molar-refractivity contribution in [3.05, 3.63) is 16.1 Å². The Bertz CT molecular complexity index is 617. The summed E-state index contributed by atoms with van der Waals surface area (Å²) in [5.74, 6) is 1.24. The second-order valence-corrected chi connectivity index (χ2v) is 8.26. The van der Waals surface area contributed by atoms with Crippen LogP contribution in [-0.2, 0) is 11.2 Å². The van der Waals surface area contributed by atoms with E-state index in [1.165, 1.54) is 4.88 Å². The molecule has 0 atom stereocenters. The van der Waals surface area contributed by atoms with E-state index in [1.54, 1.807) is 11.3 Å². The summed E-state index contributed by atoms with van der Waals surface area (Å²) in [7, 11) is 1.83. The molecular formula is C18H30N6OS. The Balaban J connectivity index is 1.38. The number of hydrogen-bond donors (Lipinski definition) is 1. The Morgan fingerprint density at radius 1 is 1.19 bits per heavy atom. The van der Waals surface area contributed by atoms with Crippen molar-refractivity contribution in [2.75, 3.05) is 59.4 Å². The molecule has 1 aromatic rings. The highest BCUT2D eigenvalue weighted by atomic mass is 32.1. The van der Waals surface area contributed by atoms with Gasteiger partial charge in [0, 0.05) is 70.4 Å². The van der Waals surface area contributed by atoms with E-state index < -0.39 is 0 Å². The molecule has 2 aliphatic rings. The highest BCUT2D eigenvalue weighted by Crippen LogP contribution is 2.11. The van der Waals surface area contributed by atoms with Crippen LogP contribution in [-0.4, -0.2) is 91.0 Å². The van der Waals surface area contributed by atoms with E-state index in [-0.39, 0.29) is 5.91 Å². The van der Waals surface area contributed by atoms with Crippen LogP contribution >= 0.6 is 11.3 Å². The number of hydrogen-bond acceptors (Lipinski definition) is 5. The number of likely N-dealkylation sites (tertiary alicyclic amines) is 1. The summed E-state index contributed by atoms with van der Waals surface area (Å²) in [6.07, 6.45) is 5.16. The molecule has 3 heterocycles. The second-order valence-electron chi connectivity index (χ2n) is 6.94. The predicted molar refractivity (Wildman–Crippen MR) is 106 cm³/mol. The predicted octanol–water partition coefficient (Wildman–Crippen LogP) is 0.809. The smallest absolute Gasteiger partial charge is 0.236 e. The van der Waals surface area contributed by atoms with Gasteiger partial charge in [-0.1, -0.05) is 0 Å². The van der Waals surface area contributed by atoms with E-state index in [0.29, 0.717) is 6.54 Å². The van der Waals surface area contributed by atoms with Crippen molar-refractivity contribution in [2.45, 2.75) is 26.2 Å².